The van der Waals surface area contributed by atoms with Crippen molar-refractivity contribution in [3.05, 3.63) is 206 Å². The molecule has 0 aliphatic heterocycles. The molecule has 0 atom stereocenters. The first kappa shape index (κ1) is 32.1. The van der Waals surface area contributed by atoms with E-state index < -0.39 is 0 Å². The van der Waals surface area contributed by atoms with Gasteiger partial charge in [0, 0.05) is 49.9 Å². The quantitative estimate of drug-likeness (QED) is 0.171. The van der Waals surface area contributed by atoms with Gasteiger partial charge in [0.15, 0.2) is 0 Å². The molecule has 0 saturated carbocycles. The minimum absolute atomic E-state index is 0.907. The third kappa shape index (κ3) is 5.28. The zero-order valence-corrected chi connectivity index (χ0v) is 30.9. The Balaban J connectivity index is 1.01. The molecule has 2 aromatic heterocycles. The summed E-state index contributed by atoms with van der Waals surface area (Å²) in [5, 5.41) is 7.29. The topological polar surface area (TPSA) is 21.3 Å². The van der Waals surface area contributed by atoms with Gasteiger partial charge < -0.3 is 13.9 Å². The summed E-state index contributed by atoms with van der Waals surface area (Å²) < 4.78 is 8.80. The van der Waals surface area contributed by atoms with Crippen LogP contribution in [0.2, 0.25) is 0 Å². The summed E-state index contributed by atoms with van der Waals surface area (Å²) in [4.78, 5) is 2.34. The second-order valence-corrected chi connectivity index (χ2v) is 14.7. The van der Waals surface area contributed by atoms with Crippen molar-refractivity contribution in [1.29, 1.82) is 0 Å². The standard InChI is InChI=1S/C53H36N2O/c1-35-17-32-47-46-11-4-6-15-50(46)55(51(47)33-35)44-30-28-43(29-31-44)54(41-24-20-37(21-25-41)40-19-18-36-9-2-3-10-39(36)34-40)42-26-22-38(23-27-42)45-13-8-14-49-48-12-5-7-16-52(48)56-53(45)49/h2-34H,1H3. The third-order valence-corrected chi connectivity index (χ3v) is 11.2. The highest BCUT2D eigenvalue weighted by Crippen LogP contribution is 2.41. The fraction of sp³-hybridized carbons (Fsp3) is 0.0189. The van der Waals surface area contributed by atoms with E-state index in [4.69, 9.17) is 4.42 Å². The Hall–Kier alpha value is -7.36. The summed E-state index contributed by atoms with van der Waals surface area (Å²) in [5.74, 6) is 0. The van der Waals surface area contributed by atoms with Crippen LogP contribution < -0.4 is 4.90 Å². The fourth-order valence-electron chi connectivity index (χ4n) is 8.49. The van der Waals surface area contributed by atoms with Gasteiger partial charge in [0.2, 0.25) is 0 Å². The van der Waals surface area contributed by atoms with E-state index in [1.54, 1.807) is 0 Å². The van der Waals surface area contributed by atoms with Gasteiger partial charge in [0.25, 0.3) is 0 Å². The first-order chi connectivity index (χ1) is 27.7. The number of aromatic nitrogens is 1. The number of hydrogen-bond donors (Lipinski definition) is 0. The van der Waals surface area contributed by atoms with Gasteiger partial charge in [-0.3, -0.25) is 0 Å². The summed E-state index contributed by atoms with van der Waals surface area (Å²) >= 11 is 0. The summed E-state index contributed by atoms with van der Waals surface area (Å²) in [6, 6.07) is 72.1. The minimum atomic E-state index is 0.907. The van der Waals surface area contributed by atoms with Crippen LogP contribution in [-0.2, 0) is 0 Å². The van der Waals surface area contributed by atoms with Crippen LogP contribution >= 0.6 is 0 Å². The van der Waals surface area contributed by atoms with Crippen LogP contribution in [0.15, 0.2) is 205 Å². The van der Waals surface area contributed by atoms with Gasteiger partial charge in [0.05, 0.1) is 11.0 Å². The van der Waals surface area contributed by atoms with Gasteiger partial charge in [-0.05, 0) is 113 Å². The number of furan rings is 1. The van der Waals surface area contributed by atoms with Gasteiger partial charge in [0.1, 0.15) is 11.2 Å². The summed E-state index contributed by atoms with van der Waals surface area (Å²) in [7, 11) is 0. The number of benzene rings is 9. The van der Waals surface area contributed by atoms with Crippen molar-refractivity contribution in [3.8, 4) is 27.9 Å². The number of anilines is 3. The molecule has 56 heavy (non-hydrogen) atoms. The van der Waals surface area contributed by atoms with Gasteiger partial charge in [-0.2, -0.15) is 0 Å². The molecule has 0 saturated heterocycles. The molecule has 11 aromatic rings. The molecule has 0 bridgehead atoms. The zero-order chi connectivity index (χ0) is 37.2. The smallest absolute Gasteiger partial charge is 0.143 e. The molecule has 0 unspecified atom stereocenters. The van der Waals surface area contributed by atoms with Crippen molar-refractivity contribution in [2.24, 2.45) is 0 Å². The predicted molar refractivity (Wildman–Crippen MR) is 236 cm³/mol. The van der Waals surface area contributed by atoms with Crippen molar-refractivity contribution in [2.45, 2.75) is 6.92 Å². The number of fused-ring (bicyclic) bond motifs is 7. The molecule has 11 rings (SSSR count). The maximum atomic E-state index is 6.42. The molecule has 3 heteroatoms. The van der Waals surface area contributed by atoms with Gasteiger partial charge >= 0.3 is 0 Å². The van der Waals surface area contributed by atoms with Crippen LogP contribution in [-0.4, -0.2) is 4.57 Å². The summed E-state index contributed by atoms with van der Waals surface area (Å²) in [5.41, 5.74) is 14.5. The molecule has 0 aliphatic rings. The first-order valence-corrected chi connectivity index (χ1v) is 19.2. The molecule has 2 heterocycles. The van der Waals surface area contributed by atoms with E-state index >= 15 is 0 Å². The van der Waals surface area contributed by atoms with Crippen LogP contribution in [0.4, 0.5) is 17.1 Å². The van der Waals surface area contributed by atoms with Gasteiger partial charge in [-0.1, -0.05) is 127 Å². The van der Waals surface area contributed by atoms with Crippen molar-refractivity contribution < 1.29 is 4.42 Å². The molecule has 0 aliphatic carbocycles. The van der Waals surface area contributed by atoms with E-state index in [-0.39, 0.29) is 0 Å². The lowest BCUT2D eigenvalue weighted by Gasteiger charge is -2.26. The second kappa shape index (κ2) is 12.9. The molecule has 9 aromatic carbocycles. The van der Waals surface area contributed by atoms with Crippen LogP contribution in [0.25, 0.3) is 82.5 Å². The number of nitrogens with zero attached hydrogens (tertiary/aromatic N) is 2. The largest absolute Gasteiger partial charge is 0.455 e. The zero-order valence-electron chi connectivity index (χ0n) is 30.9. The number of para-hydroxylation sites is 3. The van der Waals surface area contributed by atoms with Crippen LogP contribution in [0.5, 0.6) is 0 Å². The highest BCUT2D eigenvalue weighted by Gasteiger charge is 2.17. The van der Waals surface area contributed by atoms with E-state index in [0.29, 0.717) is 0 Å². The molecule has 0 amide bonds. The molecular weight excluding hydrogens is 681 g/mol. The lowest BCUT2D eigenvalue weighted by atomic mass is 10.0. The lowest BCUT2D eigenvalue weighted by molar-refractivity contribution is 0.670. The monoisotopic (exact) mass is 716 g/mol. The molecule has 0 fully saturated rings. The molecule has 0 N–H and O–H groups in total. The van der Waals surface area contributed by atoms with Crippen molar-refractivity contribution in [1.82, 2.24) is 4.57 Å². The van der Waals surface area contributed by atoms with Crippen molar-refractivity contribution in [3.63, 3.8) is 0 Å². The van der Waals surface area contributed by atoms with E-state index in [1.165, 1.54) is 49.3 Å². The maximum Gasteiger partial charge on any atom is 0.143 e. The van der Waals surface area contributed by atoms with Crippen LogP contribution in [0.1, 0.15) is 5.56 Å². The predicted octanol–water partition coefficient (Wildman–Crippen LogP) is 14.9. The van der Waals surface area contributed by atoms with Crippen molar-refractivity contribution >= 4 is 71.6 Å². The molecule has 0 spiro atoms. The molecule has 3 nitrogen and oxygen atoms in total. The highest BCUT2D eigenvalue weighted by molar-refractivity contribution is 6.10. The molecular formula is C53H36N2O. The van der Waals surface area contributed by atoms with Crippen molar-refractivity contribution in [2.75, 3.05) is 4.90 Å². The van der Waals surface area contributed by atoms with Gasteiger partial charge in [-0.15, -0.1) is 0 Å². The Labute approximate surface area is 324 Å². The Morgan fingerprint density at radius 3 is 1.80 bits per heavy atom. The average molecular weight is 717 g/mol. The number of rotatable bonds is 6. The summed E-state index contributed by atoms with van der Waals surface area (Å²) in [6.45, 7) is 2.16. The van der Waals surface area contributed by atoms with Gasteiger partial charge in [-0.25, -0.2) is 0 Å². The number of aryl methyl sites for hydroxylation is 1. The Kier molecular flexibility index (Phi) is 7.39. The van der Waals surface area contributed by atoms with Crippen LogP contribution in [0, 0.1) is 6.92 Å². The van der Waals surface area contributed by atoms with E-state index in [9.17, 15) is 0 Å². The SMILES string of the molecule is Cc1ccc2c3ccccc3n(-c3ccc(N(c4ccc(-c5ccc6ccccc6c5)cc4)c4ccc(-c5cccc6c5oc5ccccc56)cc4)cc3)c2c1. The molecule has 0 radical (unpaired) electrons. The Bertz CT molecular complexity index is 3240. The maximum absolute atomic E-state index is 6.42. The Morgan fingerprint density at radius 2 is 1.02 bits per heavy atom. The third-order valence-electron chi connectivity index (χ3n) is 11.2. The average Bonchev–Trinajstić information content (AvgIpc) is 3.80. The normalized spacial score (nSPS) is 11.7. The first-order valence-electron chi connectivity index (χ1n) is 19.2. The summed E-state index contributed by atoms with van der Waals surface area (Å²) in [6.07, 6.45) is 0. The van der Waals surface area contributed by atoms with Crippen LogP contribution in [0.3, 0.4) is 0 Å². The van der Waals surface area contributed by atoms with E-state index in [2.05, 4.69) is 204 Å². The highest BCUT2D eigenvalue weighted by atomic mass is 16.3. The lowest BCUT2D eigenvalue weighted by Crippen LogP contribution is -2.10. The van der Waals surface area contributed by atoms with E-state index in [1.807, 2.05) is 12.1 Å². The molecule has 264 valence electrons. The second-order valence-electron chi connectivity index (χ2n) is 14.7. The number of hydrogen-bond acceptors (Lipinski definition) is 2. The Morgan fingerprint density at radius 1 is 0.411 bits per heavy atom. The van der Waals surface area contributed by atoms with E-state index in [0.717, 1.165) is 55.8 Å². The minimum Gasteiger partial charge on any atom is -0.455 e. The fourth-order valence-corrected chi connectivity index (χ4v) is 8.49.